The fourth-order valence-electron chi connectivity index (χ4n) is 2.74. The van der Waals surface area contributed by atoms with Gasteiger partial charge in [-0.05, 0) is 36.6 Å². The van der Waals surface area contributed by atoms with Gasteiger partial charge in [0, 0.05) is 31.9 Å². The predicted molar refractivity (Wildman–Crippen MR) is 90.0 cm³/mol. The molecule has 1 aliphatic heterocycles. The predicted octanol–water partition coefficient (Wildman–Crippen LogP) is 3.39. The van der Waals surface area contributed by atoms with Gasteiger partial charge in [0.2, 0.25) is 0 Å². The molecule has 1 aromatic heterocycles. The molecule has 5 heteroatoms. The lowest BCUT2D eigenvalue weighted by Crippen LogP contribution is -2.35. The van der Waals surface area contributed by atoms with Crippen LogP contribution in [0.25, 0.3) is 0 Å². The zero-order valence-electron chi connectivity index (χ0n) is 12.7. The molecule has 0 radical (unpaired) electrons. The van der Waals surface area contributed by atoms with E-state index in [2.05, 4.69) is 11.1 Å². The Hall–Kier alpha value is -2.07. The highest BCUT2D eigenvalue weighted by Gasteiger charge is 2.24. The molecule has 0 bridgehead atoms. The molecule has 0 atom stereocenters. The maximum absolute atomic E-state index is 12.9. The van der Waals surface area contributed by atoms with Gasteiger partial charge in [0.15, 0.2) is 0 Å². The number of carbonyl (C=O) groups is 1. The Balaban J connectivity index is 1.99. The number of para-hydroxylation sites is 1. The van der Waals surface area contributed by atoms with Crippen LogP contribution >= 0.6 is 11.6 Å². The van der Waals surface area contributed by atoms with Crippen LogP contribution in [0, 0.1) is 0 Å². The summed E-state index contributed by atoms with van der Waals surface area (Å²) in [6.45, 7) is 0.729. The molecule has 0 saturated carbocycles. The number of hydrogen-bond donors (Lipinski definition) is 0. The van der Waals surface area contributed by atoms with Crippen molar-refractivity contribution in [3.63, 3.8) is 0 Å². The molecule has 3 rings (SSSR count). The molecule has 1 aliphatic rings. The first-order valence-electron chi connectivity index (χ1n) is 7.31. The van der Waals surface area contributed by atoms with Gasteiger partial charge in [0.25, 0.3) is 5.91 Å². The van der Waals surface area contributed by atoms with Gasteiger partial charge in [-0.25, -0.2) is 4.98 Å². The Morgan fingerprint density at radius 1 is 1.27 bits per heavy atom. The molecule has 1 aromatic carbocycles. The third-order valence-electron chi connectivity index (χ3n) is 3.84. The van der Waals surface area contributed by atoms with E-state index in [9.17, 15) is 4.79 Å². The summed E-state index contributed by atoms with van der Waals surface area (Å²) in [7, 11) is 3.76. The summed E-state index contributed by atoms with van der Waals surface area (Å²) in [6.07, 6.45) is 1.99. The topological polar surface area (TPSA) is 36.4 Å². The summed E-state index contributed by atoms with van der Waals surface area (Å²) in [5, 5.41) is 0.333. The van der Waals surface area contributed by atoms with Gasteiger partial charge in [0.05, 0.1) is 0 Å². The number of rotatable bonds is 2. The fourth-order valence-corrected chi connectivity index (χ4v) is 2.94. The standard InChI is InChI=1S/C17H18ClN3O/c1-20(2)16-11-13(10-15(18)19-16)17(22)21-9-5-7-12-6-3-4-8-14(12)21/h3-4,6,8,10-11H,5,7,9H2,1-2H3. The van der Waals surface area contributed by atoms with Crippen LogP contribution in [0.5, 0.6) is 0 Å². The number of anilines is 2. The molecule has 1 amide bonds. The van der Waals surface area contributed by atoms with Gasteiger partial charge in [-0.2, -0.15) is 0 Å². The highest BCUT2D eigenvalue weighted by molar-refractivity contribution is 6.30. The van der Waals surface area contributed by atoms with Crippen LogP contribution in [-0.4, -0.2) is 31.5 Å². The number of carbonyl (C=O) groups excluding carboxylic acids is 1. The van der Waals surface area contributed by atoms with E-state index in [1.165, 1.54) is 5.56 Å². The lowest BCUT2D eigenvalue weighted by Gasteiger charge is -2.29. The number of pyridine rings is 1. The molecule has 0 aliphatic carbocycles. The number of benzene rings is 1. The Bertz CT molecular complexity index is 715. The van der Waals surface area contributed by atoms with Crippen molar-refractivity contribution in [2.75, 3.05) is 30.4 Å². The Kier molecular flexibility index (Phi) is 4.03. The lowest BCUT2D eigenvalue weighted by atomic mass is 10.0. The molecule has 0 N–H and O–H groups in total. The summed E-state index contributed by atoms with van der Waals surface area (Å²) in [5.41, 5.74) is 2.79. The van der Waals surface area contributed by atoms with Gasteiger partial charge in [0.1, 0.15) is 11.0 Å². The van der Waals surface area contributed by atoms with Crippen LogP contribution in [0.15, 0.2) is 36.4 Å². The normalized spacial score (nSPS) is 13.7. The number of aryl methyl sites for hydroxylation is 1. The summed E-state index contributed by atoms with van der Waals surface area (Å²) in [4.78, 5) is 20.8. The molecular formula is C17H18ClN3O. The summed E-state index contributed by atoms with van der Waals surface area (Å²) in [5.74, 6) is 0.653. The zero-order chi connectivity index (χ0) is 15.7. The van der Waals surface area contributed by atoms with Crippen molar-refractivity contribution in [1.82, 2.24) is 4.98 Å². The zero-order valence-corrected chi connectivity index (χ0v) is 13.5. The Morgan fingerprint density at radius 2 is 2.05 bits per heavy atom. The number of fused-ring (bicyclic) bond motifs is 1. The van der Waals surface area contributed by atoms with Gasteiger partial charge < -0.3 is 9.80 Å². The second kappa shape index (κ2) is 5.97. The summed E-state index contributed by atoms with van der Waals surface area (Å²) >= 11 is 6.07. The first kappa shape index (κ1) is 14.9. The van der Waals surface area contributed by atoms with E-state index in [4.69, 9.17) is 11.6 Å². The minimum atomic E-state index is -0.0282. The number of amides is 1. The van der Waals surface area contributed by atoms with E-state index in [1.807, 2.05) is 42.1 Å². The largest absolute Gasteiger partial charge is 0.363 e. The summed E-state index contributed by atoms with van der Waals surface area (Å²) < 4.78 is 0. The monoisotopic (exact) mass is 315 g/mol. The molecule has 0 spiro atoms. The van der Waals surface area contributed by atoms with E-state index in [0.717, 1.165) is 25.1 Å². The van der Waals surface area contributed by atoms with Crippen molar-refractivity contribution in [3.05, 3.63) is 52.7 Å². The molecule has 0 fully saturated rings. The highest BCUT2D eigenvalue weighted by atomic mass is 35.5. The van der Waals surface area contributed by atoms with Crippen molar-refractivity contribution in [1.29, 1.82) is 0 Å². The first-order valence-corrected chi connectivity index (χ1v) is 7.69. The van der Waals surface area contributed by atoms with Crippen molar-refractivity contribution < 1.29 is 4.79 Å². The average Bonchev–Trinajstić information content (AvgIpc) is 2.53. The second-order valence-electron chi connectivity index (χ2n) is 5.62. The molecule has 0 unspecified atom stereocenters. The molecule has 2 aromatic rings. The van der Waals surface area contributed by atoms with E-state index < -0.39 is 0 Å². The van der Waals surface area contributed by atoms with Gasteiger partial charge >= 0.3 is 0 Å². The molecular weight excluding hydrogens is 298 g/mol. The summed E-state index contributed by atoms with van der Waals surface area (Å²) in [6, 6.07) is 11.5. The second-order valence-corrected chi connectivity index (χ2v) is 6.01. The number of hydrogen-bond acceptors (Lipinski definition) is 3. The first-order chi connectivity index (χ1) is 10.6. The van der Waals surface area contributed by atoms with E-state index in [-0.39, 0.29) is 5.91 Å². The molecule has 22 heavy (non-hydrogen) atoms. The highest BCUT2D eigenvalue weighted by Crippen LogP contribution is 2.29. The lowest BCUT2D eigenvalue weighted by molar-refractivity contribution is 0.0985. The quantitative estimate of drug-likeness (QED) is 0.797. The fraction of sp³-hybridized carbons (Fsp3) is 0.294. The van der Waals surface area contributed by atoms with Crippen molar-refractivity contribution >= 4 is 29.0 Å². The number of halogens is 1. The van der Waals surface area contributed by atoms with Crippen LogP contribution in [0.4, 0.5) is 11.5 Å². The SMILES string of the molecule is CN(C)c1cc(C(=O)N2CCCc3ccccc32)cc(Cl)n1. The maximum atomic E-state index is 12.9. The van der Waals surface area contributed by atoms with Crippen molar-refractivity contribution in [2.24, 2.45) is 0 Å². The van der Waals surface area contributed by atoms with Crippen molar-refractivity contribution in [3.8, 4) is 0 Å². The van der Waals surface area contributed by atoms with Crippen LogP contribution in [-0.2, 0) is 6.42 Å². The average molecular weight is 316 g/mol. The Morgan fingerprint density at radius 3 is 2.82 bits per heavy atom. The van der Waals surface area contributed by atoms with E-state index in [0.29, 0.717) is 16.5 Å². The number of nitrogens with zero attached hydrogens (tertiary/aromatic N) is 3. The van der Waals surface area contributed by atoms with Crippen molar-refractivity contribution in [2.45, 2.75) is 12.8 Å². The minimum Gasteiger partial charge on any atom is -0.363 e. The van der Waals surface area contributed by atoms with Crippen LogP contribution in [0.3, 0.4) is 0 Å². The van der Waals surface area contributed by atoms with Crippen LogP contribution < -0.4 is 9.80 Å². The van der Waals surface area contributed by atoms with Gasteiger partial charge in [-0.3, -0.25) is 4.79 Å². The van der Waals surface area contributed by atoms with E-state index in [1.54, 1.807) is 12.1 Å². The third kappa shape index (κ3) is 2.79. The number of aromatic nitrogens is 1. The smallest absolute Gasteiger partial charge is 0.258 e. The molecule has 2 heterocycles. The van der Waals surface area contributed by atoms with Crippen LogP contribution in [0.2, 0.25) is 5.15 Å². The third-order valence-corrected chi connectivity index (χ3v) is 4.03. The van der Waals surface area contributed by atoms with E-state index >= 15 is 0 Å². The molecule has 114 valence electrons. The van der Waals surface area contributed by atoms with Crippen LogP contribution in [0.1, 0.15) is 22.3 Å². The molecule has 0 saturated heterocycles. The minimum absolute atomic E-state index is 0.0282. The maximum Gasteiger partial charge on any atom is 0.258 e. The Labute approximate surface area is 135 Å². The van der Waals surface area contributed by atoms with Gasteiger partial charge in [-0.1, -0.05) is 29.8 Å². The van der Waals surface area contributed by atoms with Gasteiger partial charge in [-0.15, -0.1) is 0 Å². The molecule has 4 nitrogen and oxygen atoms in total.